The molecule has 1 aromatic carbocycles. The van der Waals surface area contributed by atoms with Gasteiger partial charge in [0.2, 0.25) is 0 Å². The second-order valence-electron chi connectivity index (χ2n) is 6.34. The molecule has 0 atom stereocenters. The number of aryl methyl sites for hydroxylation is 2. The number of amidine groups is 1. The highest BCUT2D eigenvalue weighted by atomic mass is 15.2. The molecule has 1 aliphatic carbocycles. The highest BCUT2D eigenvalue weighted by Gasteiger charge is 2.13. The first kappa shape index (κ1) is 16.7. The first-order chi connectivity index (χ1) is 10.6. The van der Waals surface area contributed by atoms with Crippen LogP contribution in [0.4, 0.5) is 5.69 Å². The van der Waals surface area contributed by atoms with Crippen molar-refractivity contribution in [2.24, 2.45) is 9.98 Å². The maximum Gasteiger partial charge on any atom is 0.104 e. The monoisotopic (exact) mass is 299 g/mol. The second kappa shape index (κ2) is 8.11. The molecule has 0 spiro atoms. The summed E-state index contributed by atoms with van der Waals surface area (Å²) in [5.41, 5.74) is 3.52. The predicted molar refractivity (Wildman–Crippen MR) is 96.4 cm³/mol. The van der Waals surface area contributed by atoms with Crippen molar-refractivity contribution in [3.05, 3.63) is 29.3 Å². The summed E-state index contributed by atoms with van der Waals surface area (Å²) in [4.78, 5) is 11.7. The van der Waals surface area contributed by atoms with Gasteiger partial charge in [0.15, 0.2) is 0 Å². The zero-order valence-electron chi connectivity index (χ0n) is 14.5. The van der Waals surface area contributed by atoms with Crippen LogP contribution in [-0.4, -0.2) is 30.2 Å². The van der Waals surface area contributed by atoms with E-state index in [4.69, 9.17) is 4.99 Å². The van der Waals surface area contributed by atoms with Gasteiger partial charge in [-0.15, -0.1) is 0 Å². The molecule has 0 radical (unpaired) electrons. The quantitative estimate of drug-likeness (QED) is 0.565. The summed E-state index contributed by atoms with van der Waals surface area (Å²) < 4.78 is 0. The molecular weight excluding hydrogens is 270 g/mol. The van der Waals surface area contributed by atoms with Crippen LogP contribution in [0.3, 0.4) is 0 Å². The summed E-state index contributed by atoms with van der Waals surface area (Å²) in [7, 11) is 2.05. The Labute approximate surface area is 135 Å². The van der Waals surface area contributed by atoms with Crippen molar-refractivity contribution in [1.82, 2.24) is 4.90 Å². The van der Waals surface area contributed by atoms with E-state index < -0.39 is 0 Å². The van der Waals surface area contributed by atoms with Gasteiger partial charge in [-0.1, -0.05) is 43.9 Å². The standard InChI is InChI=1S/C19H29N3/c1-5-19(21-17-9-7-6-8-10-17)22(4)14-20-18-12-11-15(2)13-16(18)3/h11-14,17H,5-10H2,1-4H3. The minimum Gasteiger partial charge on any atom is -0.324 e. The Kier molecular flexibility index (Phi) is 6.17. The Balaban J connectivity index is 2.06. The van der Waals surface area contributed by atoms with Gasteiger partial charge < -0.3 is 4.90 Å². The van der Waals surface area contributed by atoms with Crippen LogP contribution in [0.2, 0.25) is 0 Å². The fourth-order valence-corrected chi connectivity index (χ4v) is 3.02. The van der Waals surface area contributed by atoms with E-state index in [0.29, 0.717) is 6.04 Å². The van der Waals surface area contributed by atoms with Crippen LogP contribution in [0.25, 0.3) is 0 Å². The van der Waals surface area contributed by atoms with Gasteiger partial charge in [0.05, 0.1) is 18.1 Å². The van der Waals surface area contributed by atoms with Crippen LogP contribution < -0.4 is 0 Å². The smallest absolute Gasteiger partial charge is 0.104 e. The van der Waals surface area contributed by atoms with Gasteiger partial charge in [0, 0.05) is 13.5 Å². The lowest BCUT2D eigenvalue weighted by Crippen LogP contribution is -2.27. The van der Waals surface area contributed by atoms with Gasteiger partial charge >= 0.3 is 0 Å². The average Bonchev–Trinajstić information content (AvgIpc) is 2.52. The highest BCUT2D eigenvalue weighted by Crippen LogP contribution is 2.21. The lowest BCUT2D eigenvalue weighted by atomic mass is 9.96. The van der Waals surface area contributed by atoms with Crippen molar-refractivity contribution >= 4 is 17.9 Å². The van der Waals surface area contributed by atoms with E-state index >= 15 is 0 Å². The minimum atomic E-state index is 0.515. The molecule has 0 heterocycles. The molecule has 3 heteroatoms. The molecule has 1 saturated carbocycles. The summed E-state index contributed by atoms with van der Waals surface area (Å²) in [6.45, 7) is 6.39. The van der Waals surface area contributed by atoms with Gasteiger partial charge in [0.25, 0.3) is 0 Å². The molecule has 2 rings (SSSR count). The second-order valence-corrected chi connectivity index (χ2v) is 6.34. The third-order valence-corrected chi connectivity index (χ3v) is 4.35. The third-order valence-electron chi connectivity index (χ3n) is 4.35. The van der Waals surface area contributed by atoms with Gasteiger partial charge in [-0.25, -0.2) is 4.99 Å². The highest BCUT2D eigenvalue weighted by molar-refractivity contribution is 5.92. The number of hydrogen-bond donors (Lipinski definition) is 0. The maximum atomic E-state index is 4.95. The Morgan fingerprint density at radius 3 is 2.59 bits per heavy atom. The fourth-order valence-electron chi connectivity index (χ4n) is 3.02. The van der Waals surface area contributed by atoms with E-state index in [9.17, 15) is 0 Å². The molecule has 22 heavy (non-hydrogen) atoms. The van der Waals surface area contributed by atoms with Crippen LogP contribution in [0.15, 0.2) is 28.2 Å². The van der Waals surface area contributed by atoms with Crippen LogP contribution in [0.5, 0.6) is 0 Å². The molecule has 0 N–H and O–H groups in total. The van der Waals surface area contributed by atoms with Gasteiger partial charge in [-0.3, -0.25) is 4.99 Å². The first-order valence-electron chi connectivity index (χ1n) is 8.51. The molecule has 0 unspecified atom stereocenters. The maximum absolute atomic E-state index is 4.95. The molecule has 0 aromatic heterocycles. The summed E-state index contributed by atoms with van der Waals surface area (Å²) >= 11 is 0. The van der Waals surface area contributed by atoms with Crippen molar-refractivity contribution < 1.29 is 0 Å². The first-order valence-corrected chi connectivity index (χ1v) is 8.51. The van der Waals surface area contributed by atoms with Gasteiger partial charge in [0.1, 0.15) is 5.84 Å². The summed E-state index contributed by atoms with van der Waals surface area (Å²) in [5, 5.41) is 0. The Bertz CT molecular complexity index is 540. The molecule has 1 aliphatic rings. The largest absolute Gasteiger partial charge is 0.324 e. The molecule has 1 aromatic rings. The molecule has 3 nitrogen and oxygen atoms in total. The number of nitrogens with zero attached hydrogens (tertiary/aromatic N) is 3. The molecule has 0 aliphatic heterocycles. The topological polar surface area (TPSA) is 28.0 Å². The average molecular weight is 299 g/mol. The van der Waals surface area contributed by atoms with Gasteiger partial charge in [-0.05, 0) is 38.3 Å². The molecule has 120 valence electrons. The normalized spacial score (nSPS) is 17.2. The Morgan fingerprint density at radius 1 is 1.23 bits per heavy atom. The Hall–Kier alpha value is -1.64. The van der Waals surface area contributed by atoms with E-state index in [0.717, 1.165) is 17.9 Å². The molecular formula is C19H29N3. The van der Waals surface area contributed by atoms with Crippen molar-refractivity contribution in [1.29, 1.82) is 0 Å². The number of aliphatic imine (C=N–C) groups is 2. The molecule has 1 fully saturated rings. The SMILES string of the molecule is CCC(=NC1CCCCC1)N(C)C=Nc1ccc(C)cc1C. The summed E-state index contributed by atoms with van der Waals surface area (Å²) in [6, 6.07) is 6.87. The van der Waals surface area contributed by atoms with Crippen LogP contribution in [-0.2, 0) is 0 Å². The lowest BCUT2D eigenvalue weighted by Gasteiger charge is -2.22. The number of hydrogen-bond acceptors (Lipinski definition) is 2. The third kappa shape index (κ3) is 4.69. The number of benzene rings is 1. The van der Waals surface area contributed by atoms with Crippen molar-refractivity contribution in [3.63, 3.8) is 0 Å². The Morgan fingerprint density at radius 2 is 1.95 bits per heavy atom. The van der Waals surface area contributed by atoms with E-state index in [1.54, 1.807) is 0 Å². The molecule has 0 amide bonds. The molecule has 0 bridgehead atoms. The van der Waals surface area contributed by atoms with Crippen molar-refractivity contribution in [2.75, 3.05) is 7.05 Å². The lowest BCUT2D eigenvalue weighted by molar-refractivity contribution is 0.439. The zero-order chi connectivity index (χ0) is 15.9. The van der Waals surface area contributed by atoms with Crippen molar-refractivity contribution in [2.45, 2.75) is 65.3 Å². The summed E-state index contributed by atoms with van der Waals surface area (Å²) in [5.74, 6) is 1.14. The van der Waals surface area contributed by atoms with E-state index in [-0.39, 0.29) is 0 Å². The summed E-state index contributed by atoms with van der Waals surface area (Å²) in [6.07, 6.45) is 9.36. The molecule has 0 saturated heterocycles. The van der Waals surface area contributed by atoms with Crippen LogP contribution in [0, 0.1) is 13.8 Å². The van der Waals surface area contributed by atoms with Crippen molar-refractivity contribution in [3.8, 4) is 0 Å². The zero-order valence-corrected chi connectivity index (χ0v) is 14.5. The fraction of sp³-hybridized carbons (Fsp3) is 0.579. The van der Waals surface area contributed by atoms with E-state index in [1.165, 1.54) is 43.2 Å². The van der Waals surface area contributed by atoms with E-state index in [1.807, 2.05) is 6.34 Å². The number of rotatable bonds is 4. The van der Waals surface area contributed by atoms with Gasteiger partial charge in [-0.2, -0.15) is 0 Å². The van der Waals surface area contributed by atoms with Crippen LogP contribution in [0.1, 0.15) is 56.6 Å². The van der Waals surface area contributed by atoms with E-state index in [2.05, 4.69) is 55.9 Å². The predicted octanol–water partition coefficient (Wildman–Crippen LogP) is 5.04. The van der Waals surface area contributed by atoms with Crippen LogP contribution >= 0.6 is 0 Å². The minimum absolute atomic E-state index is 0.515.